The molecular formula is C8H16N2O3S. The highest BCUT2D eigenvalue weighted by atomic mass is 32.2. The number of amides is 2. The fourth-order valence-electron chi connectivity index (χ4n) is 1.50. The lowest BCUT2D eigenvalue weighted by atomic mass is 10.2. The number of likely N-dealkylation sites (tertiary alicyclic amines) is 1. The number of hydrogen-bond donors (Lipinski definition) is 2. The topological polar surface area (TPSA) is 61.8 Å². The van der Waals surface area contributed by atoms with Crippen molar-refractivity contribution in [1.29, 1.82) is 0 Å². The molecule has 1 fully saturated rings. The quantitative estimate of drug-likeness (QED) is 0.409. The first-order valence-corrected chi connectivity index (χ1v) is 5.97. The standard InChI is InChI=1S/C8H16N2O3S/c1-14-6-13-9-8(12)10-4-2-3-7(10)5-11/h7,11H,2-6H2,1H3,(H,9,12). The van der Waals surface area contributed by atoms with Crippen LogP contribution in [0.25, 0.3) is 0 Å². The number of aliphatic hydroxyl groups is 1. The molecular weight excluding hydrogens is 204 g/mol. The molecule has 14 heavy (non-hydrogen) atoms. The number of hydrogen-bond acceptors (Lipinski definition) is 4. The highest BCUT2D eigenvalue weighted by Gasteiger charge is 2.27. The van der Waals surface area contributed by atoms with Crippen molar-refractivity contribution in [2.24, 2.45) is 0 Å². The van der Waals surface area contributed by atoms with Crippen LogP contribution in [0, 0.1) is 0 Å². The van der Waals surface area contributed by atoms with E-state index in [1.807, 2.05) is 6.26 Å². The van der Waals surface area contributed by atoms with E-state index in [-0.39, 0.29) is 18.7 Å². The fourth-order valence-corrected chi connectivity index (χ4v) is 1.68. The minimum absolute atomic E-state index is 0.0238. The van der Waals surface area contributed by atoms with Gasteiger partial charge < -0.3 is 10.0 Å². The van der Waals surface area contributed by atoms with Gasteiger partial charge in [-0.25, -0.2) is 10.3 Å². The number of thioether (sulfide) groups is 1. The molecule has 0 spiro atoms. The molecule has 1 atom stereocenters. The van der Waals surface area contributed by atoms with E-state index in [4.69, 9.17) is 9.94 Å². The molecule has 0 aliphatic carbocycles. The summed E-state index contributed by atoms with van der Waals surface area (Å²) < 4.78 is 0. The zero-order valence-corrected chi connectivity index (χ0v) is 9.05. The Kier molecular flexibility index (Phi) is 5.06. The smallest absolute Gasteiger partial charge is 0.341 e. The number of rotatable bonds is 4. The van der Waals surface area contributed by atoms with Crippen molar-refractivity contribution in [2.75, 3.05) is 25.3 Å². The van der Waals surface area contributed by atoms with Gasteiger partial charge in [-0.15, -0.1) is 11.8 Å². The summed E-state index contributed by atoms with van der Waals surface area (Å²) >= 11 is 1.49. The number of urea groups is 1. The highest BCUT2D eigenvalue weighted by molar-refractivity contribution is 7.98. The Morgan fingerprint density at radius 2 is 2.57 bits per heavy atom. The second-order valence-electron chi connectivity index (χ2n) is 3.13. The van der Waals surface area contributed by atoms with E-state index in [1.165, 1.54) is 11.8 Å². The number of nitrogens with one attached hydrogen (secondary N) is 1. The van der Waals surface area contributed by atoms with Crippen molar-refractivity contribution >= 4 is 17.8 Å². The molecule has 0 aromatic carbocycles. The zero-order chi connectivity index (χ0) is 10.4. The van der Waals surface area contributed by atoms with Crippen LogP contribution in [0.2, 0.25) is 0 Å². The Hall–Kier alpha value is -0.460. The Bertz CT molecular complexity index is 191. The van der Waals surface area contributed by atoms with Crippen molar-refractivity contribution in [3.8, 4) is 0 Å². The molecule has 1 aliphatic heterocycles. The fraction of sp³-hybridized carbons (Fsp3) is 0.875. The third-order valence-corrected chi connectivity index (χ3v) is 2.54. The van der Waals surface area contributed by atoms with Crippen LogP contribution in [0.15, 0.2) is 0 Å². The van der Waals surface area contributed by atoms with Crippen LogP contribution in [0.1, 0.15) is 12.8 Å². The van der Waals surface area contributed by atoms with Gasteiger partial charge in [-0.3, -0.25) is 4.84 Å². The van der Waals surface area contributed by atoms with Crippen molar-refractivity contribution in [3.05, 3.63) is 0 Å². The van der Waals surface area contributed by atoms with Crippen molar-refractivity contribution < 1.29 is 14.7 Å². The predicted octanol–water partition coefficient (Wildman–Crippen LogP) is 0.405. The highest BCUT2D eigenvalue weighted by Crippen LogP contribution is 2.16. The first-order chi connectivity index (χ1) is 6.79. The number of hydroxylamine groups is 1. The minimum atomic E-state index is -0.254. The average molecular weight is 220 g/mol. The summed E-state index contributed by atoms with van der Waals surface area (Å²) in [6, 6.07) is -0.302. The first kappa shape index (κ1) is 11.6. The first-order valence-electron chi connectivity index (χ1n) is 4.57. The van der Waals surface area contributed by atoms with Gasteiger partial charge in [-0.2, -0.15) is 0 Å². The molecule has 82 valence electrons. The van der Waals surface area contributed by atoms with E-state index in [0.717, 1.165) is 12.8 Å². The molecule has 1 saturated heterocycles. The van der Waals surface area contributed by atoms with E-state index in [0.29, 0.717) is 12.5 Å². The molecule has 1 heterocycles. The maximum Gasteiger partial charge on any atom is 0.341 e. The molecule has 0 aromatic heterocycles. The van der Waals surface area contributed by atoms with E-state index in [9.17, 15) is 4.79 Å². The number of carbonyl (C=O) groups excluding carboxylic acids is 1. The Balaban J connectivity index is 2.28. The van der Waals surface area contributed by atoms with E-state index >= 15 is 0 Å². The molecule has 5 nitrogen and oxygen atoms in total. The number of carbonyl (C=O) groups is 1. The summed E-state index contributed by atoms with van der Waals surface area (Å²) in [6.45, 7) is 0.718. The van der Waals surface area contributed by atoms with Gasteiger partial charge in [0.05, 0.1) is 12.6 Å². The van der Waals surface area contributed by atoms with Crippen molar-refractivity contribution in [3.63, 3.8) is 0 Å². The molecule has 1 rings (SSSR count). The van der Waals surface area contributed by atoms with Crippen molar-refractivity contribution in [2.45, 2.75) is 18.9 Å². The Morgan fingerprint density at radius 1 is 1.79 bits per heavy atom. The van der Waals surface area contributed by atoms with Gasteiger partial charge in [0.25, 0.3) is 0 Å². The summed E-state index contributed by atoms with van der Waals surface area (Å²) in [5.74, 6) is 0.434. The van der Waals surface area contributed by atoms with Gasteiger partial charge in [-0.05, 0) is 19.1 Å². The lowest BCUT2D eigenvalue weighted by Crippen LogP contribution is -2.44. The molecule has 6 heteroatoms. The Labute approximate surface area is 87.7 Å². The van der Waals surface area contributed by atoms with Crippen molar-refractivity contribution in [1.82, 2.24) is 10.4 Å². The van der Waals surface area contributed by atoms with Gasteiger partial charge in [0.15, 0.2) is 0 Å². The van der Waals surface area contributed by atoms with E-state index in [2.05, 4.69) is 5.48 Å². The maximum atomic E-state index is 11.5. The molecule has 0 bridgehead atoms. The minimum Gasteiger partial charge on any atom is -0.394 e. The monoisotopic (exact) mass is 220 g/mol. The van der Waals surface area contributed by atoms with Crippen LogP contribution in [0.4, 0.5) is 4.79 Å². The summed E-state index contributed by atoms with van der Waals surface area (Å²) in [4.78, 5) is 18.0. The van der Waals surface area contributed by atoms with E-state index < -0.39 is 0 Å². The average Bonchev–Trinajstić information content (AvgIpc) is 2.65. The summed E-state index contributed by atoms with van der Waals surface area (Å²) in [7, 11) is 0. The maximum absolute atomic E-state index is 11.5. The van der Waals surface area contributed by atoms with Crippen LogP contribution in [0.3, 0.4) is 0 Å². The molecule has 0 radical (unpaired) electrons. The molecule has 2 N–H and O–H groups in total. The van der Waals surface area contributed by atoms with Crippen LogP contribution < -0.4 is 5.48 Å². The zero-order valence-electron chi connectivity index (χ0n) is 8.23. The predicted molar refractivity (Wildman–Crippen MR) is 54.8 cm³/mol. The van der Waals surface area contributed by atoms with Crippen LogP contribution in [-0.4, -0.2) is 47.4 Å². The number of aliphatic hydroxyl groups excluding tert-OH is 1. The second kappa shape index (κ2) is 6.10. The van der Waals surface area contributed by atoms with Gasteiger partial charge in [0.2, 0.25) is 0 Å². The van der Waals surface area contributed by atoms with Crippen LogP contribution in [-0.2, 0) is 4.84 Å². The Morgan fingerprint density at radius 3 is 3.21 bits per heavy atom. The lowest BCUT2D eigenvalue weighted by Gasteiger charge is -2.22. The summed E-state index contributed by atoms with van der Waals surface area (Å²) in [5, 5.41) is 8.99. The molecule has 1 unspecified atom stereocenters. The van der Waals surface area contributed by atoms with Gasteiger partial charge >= 0.3 is 6.03 Å². The normalized spacial score (nSPS) is 21.3. The van der Waals surface area contributed by atoms with Gasteiger partial charge in [0, 0.05) is 6.54 Å². The van der Waals surface area contributed by atoms with Gasteiger partial charge in [-0.1, -0.05) is 0 Å². The SMILES string of the molecule is CSCONC(=O)N1CCCC1CO. The second-order valence-corrected chi connectivity index (χ2v) is 3.94. The summed E-state index contributed by atoms with van der Waals surface area (Å²) in [6.07, 6.45) is 3.70. The molecule has 1 aliphatic rings. The molecule has 0 saturated carbocycles. The summed E-state index contributed by atoms with van der Waals surface area (Å²) in [5.41, 5.74) is 2.34. The molecule has 2 amide bonds. The third-order valence-electron chi connectivity index (χ3n) is 2.19. The van der Waals surface area contributed by atoms with Crippen LogP contribution in [0.5, 0.6) is 0 Å². The third kappa shape index (κ3) is 3.04. The largest absolute Gasteiger partial charge is 0.394 e. The number of nitrogens with zero attached hydrogens (tertiary/aromatic N) is 1. The van der Waals surface area contributed by atoms with Crippen LogP contribution >= 0.6 is 11.8 Å². The van der Waals surface area contributed by atoms with Gasteiger partial charge in [0.1, 0.15) is 5.94 Å². The van der Waals surface area contributed by atoms with E-state index in [1.54, 1.807) is 4.90 Å². The lowest BCUT2D eigenvalue weighted by molar-refractivity contribution is 0.0697. The molecule has 0 aromatic rings.